The SMILES string of the molecule is CC(O)C(NC(=O)NC(CC(N)=O)C(=O)NN(C)C(=O)C(N)CO)C(=O)O. The van der Waals surface area contributed by atoms with Gasteiger partial charge in [0.25, 0.3) is 11.8 Å². The number of rotatable bonds is 9. The summed E-state index contributed by atoms with van der Waals surface area (Å²) in [5.41, 5.74) is 12.4. The summed E-state index contributed by atoms with van der Waals surface area (Å²) >= 11 is 0. The Labute approximate surface area is 153 Å². The zero-order valence-corrected chi connectivity index (χ0v) is 14.7. The lowest BCUT2D eigenvalue weighted by molar-refractivity contribution is -0.142. The third kappa shape index (κ3) is 8.30. The van der Waals surface area contributed by atoms with E-state index in [2.05, 4.69) is 0 Å². The van der Waals surface area contributed by atoms with Crippen LogP contribution in [0.1, 0.15) is 13.3 Å². The van der Waals surface area contributed by atoms with Crippen LogP contribution in [0.2, 0.25) is 0 Å². The quantitative estimate of drug-likeness (QED) is 0.175. The zero-order valence-electron chi connectivity index (χ0n) is 14.7. The van der Waals surface area contributed by atoms with Crippen LogP contribution in [-0.4, -0.2) is 87.9 Å². The fourth-order valence-corrected chi connectivity index (χ4v) is 1.77. The number of urea groups is 1. The molecule has 0 aliphatic heterocycles. The van der Waals surface area contributed by atoms with Crippen LogP contribution in [0.15, 0.2) is 0 Å². The first kappa shape index (κ1) is 24.0. The topological polar surface area (TPSA) is 237 Å². The highest BCUT2D eigenvalue weighted by Gasteiger charge is 2.29. The normalized spacial score (nSPS) is 14.9. The van der Waals surface area contributed by atoms with Crippen LogP contribution < -0.4 is 27.5 Å². The number of primary amides is 1. The van der Waals surface area contributed by atoms with Gasteiger partial charge in [-0.15, -0.1) is 0 Å². The number of aliphatic hydroxyl groups excluding tert-OH is 2. The Hall–Kier alpha value is -2.97. The summed E-state index contributed by atoms with van der Waals surface area (Å²) in [6.45, 7) is 0.442. The molecule has 0 radical (unpaired) electrons. The van der Waals surface area contributed by atoms with Gasteiger partial charge in [-0.2, -0.15) is 0 Å². The van der Waals surface area contributed by atoms with E-state index >= 15 is 0 Å². The van der Waals surface area contributed by atoms with Gasteiger partial charge in [-0.05, 0) is 6.92 Å². The van der Waals surface area contributed by atoms with Gasteiger partial charge in [0.05, 0.1) is 19.1 Å². The van der Waals surface area contributed by atoms with Crippen LogP contribution in [0.25, 0.3) is 0 Å². The number of nitrogens with two attached hydrogens (primary N) is 2. The number of nitrogens with zero attached hydrogens (tertiary/aromatic N) is 1. The van der Waals surface area contributed by atoms with Crippen molar-refractivity contribution in [3.63, 3.8) is 0 Å². The summed E-state index contributed by atoms with van der Waals surface area (Å²) in [5.74, 6) is -4.39. The standard InChI is InChI=1S/C13H24N6O8/c1-5(21)9(12(25)26)17-13(27)16-7(3-8(15)22)10(23)18-19(2)11(24)6(14)4-20/h5-7,9,20-21H,3-4,14H2,1-2H3,(H2,15,22)(H,18,23)(H,25,26)(H2,16,17,27). The van der Waals surface area contributed by atoms with E-state index in [0.29, 0.717) is 5.01 Å². The van der Waals surface area contributed by atoms with Crippen molar-refractivity contribution in [3.8, 4) is 0 Å². The zero-order chi connectivity index (χ0) is 21.3. The van der Waals surface area contributed by atoms with Crippen molar-refractivity contribution >= 4 is 29.7 Å². The number of aliphatic carboxylic acids is 1. The first-order chi connectivity index (χ1) is 12.4. The van der Waals surface area contributed by atoms with E-state index in [4.69, 9.17) is 21.7 Å². The second-order valence-electron chi connectivity index (χ2n) is 5.56. The van der Waals surface area contributed by atoms with Crippen LogP contribution in [-0.2, 0) is 19.2 Å². The van der Waals surface area contributed by atoms with E-state index in [9.17, 15) is 29.1 Å². The minimum absolute atomic E-state index is 0.645. The van der Waals surface area contributed by atoms with Gasteiger partial charge in [-0.25, -0.2) is 9.59 Å². The molecule has 0 aliphatic rings. The van der Waals surface area contributed by atoms with E-state index < -0.39 is 67.0 Å². The predicted molar refractivity (Wildman–Crippen MR) is 88.3 cm³/mol. The molecule has 14 nitrogen and oxygen atoms in total. The van der Waals surface area contributed by atoms with Gasteiger partial charge in [0.15, 0.2) is 6.04 Å². The smallest absolute Gasteiger partial charge is 0.328 e. The van der Waals surface area contributed by atoms with Gasteiger partial charge in [-0.3, -0.25) is 24.8 Å². The molecule has 0 saturated heterocycles. The Kier molecular flexibility index (Phi) is 9.70. The fourth-order valence-electron chi connectivity index (χ4n) is 1.77. The van der Waals surface area contributed by atoms with E-state index in [0.717, 1.165) is 14.0 Å². The van der Waals surface area contributed by atoms with Crippen LogP contribution in [0.5, 0.6) is 0 Å². The second kappa shape index (κ2) is 10.9. The number of hydrazine groups is 1. The lowest BCUT2D eigenvalue weighted by Crippen LogP contribution is -2.59. The fraction of sp³-hybridized carbons (Fsp3) is 0.615. The van der Waals surface area contributed by atoms with Crippen LogP contribution in [0.3, 0.4) is 0 Å². The maximum Gasteiger partial charge on any atom is 0.328 e. The Morgan fingerprint density at radius 3 is 2.11 bits per heavy atom. The number of hydrogen-bond acceptors (Lipinski definition) is 8. The van der Waals surface area contributed by atoms with Crippen molar-refractivity contribution in [2.24, 2.45) is 11.5 Å². The number of amides is 5. The molecule has 10 N–H and O–H groups in total. The van der Waals surface area contributed by atoms with Crippen LogP contribution in [0, 0.1) is 0 Å². The van der Waals surface area contributed by atoms with Gasteiger partial charge >= 0.3 is 12.0 Å². The maximum absolute atomic E-state index is 12.2. The molecular formula is C13H24N6O8. The Morgan fingerprint density at radius 1 is 1.15 bits per heavy atom. The van der Waals surface area contributed by atoms with Crippen LogP contribution in [0.4, 0.5) is 4.79 Å². The van der Waals surface area contributed by atoms with Crippen molar-refractivity contribution in [2.45, 2.75) is 37.6 Å². The molecule has 0 heterocycles. The molecule has 0 spiro atoms. The lowest BCUT2D eigenvalue weighted by Gasteiger charge is -2.25. The summed E-state index contributed by atoms with van der Waals surface area (Å²) in [4.78, 5) is 57.8. The van der Waals surface area contributed by atoms with Crippen molar-refractivity contribution in [1.29, 1.82) is 0 Å². The molecule has 4 atom stereocenters. The number of nitrogens with one attached hydrogen (secondary N) is 3. The molecule has 27 heavy (non-hydrogen) atoms. The predicted octanol–water partition coefficient (Wildman–Crippen LogP) is -4.83. The summed E-state index contributed by atoms with van der Waals surface area (Å²) in [7, 11) is 1.12. The van der Waals surface area contributed by atoms with Crippen molar-refractivity contribution in [3.05, 3.63) is 0 Å². The highest BCUT2D eigenvalue weighted by molar-refractivity contribution is 5.93. The number of aliphatic hydroxyl groups is 2. The van der Waals surface area contributed by atoms with Crippen molar-refractivity contribution in [2.75, 3.05) is 13.7 Å². The molecular weight excluding hydrogens is 368 g/mol. The third-order valence-corrected chi connectivity index (χ3v) is 3.18. The molecule has 0 aromatic carbocycles. The van der Waals surface area contributed by atoms with Crippen molar-refractivity contribution in [1.82, 2.24) is 21.1 Å². The molecule has 0 fully saturated rings. The van der Waals surface area contributed by atoms with Crippen molar-refractivity contribution < 1.29 is 39.3 Å². The molecule has 0 aromatic rings. The average Bonchev–Trinajstić information content (AvgIpc) is 2.56. The van der Waals surface area contributed by atoms with Gasteiger partial charge in [0.2, 0.25) is 5.91 Å². The molecule has 0 rings (SSSR count). The lowest BCUT2D eigenvalue weighted by atomic mass is 10.1. The van der Waals surface area contributed by atoms with E-state index in [-0.39, 0.29) is 0 Å². The number of carboxylic acids is 1. The number of carbonyl (C=O) groups is 5. The molecule has 0 saturated carbocycles. The van der Waals surface area contributed by atoms with Crippen LogP contribution >= 0.6 is 0 Å². The highest BCUT2D eigenvalue weighted by Crippen LogP contribution is 1.97. The molecule has 14 heteroatoms. The molecule has 154 valence electrons. The summed E-state index contributed by atoms with van der Waals surface area (Å²) in [6, 6.07) is -5.71. The third-order valence-electron chi connectivity index (χ3n) is 3.18. The molecule has 5 amide bonds. The van der Waals surface area contributed by atoms with E-state index in [1.165, 1.54) is 0 Å². The monoisotopic (exact) mass is 392 g/mol. The number of likely N-dealkylation sites (N-methyl/N-ethyl adjacent to an activating group) is 1. The minimum atomic E-state index is -1.67. The summed E-state index contributed by atoms with van der Waals surface area (Å²) in [5, 5.41) is 31.6. The Morgan fingerprint density at radius 2 is 1.70 bits per heavy atom. The van der Waals surface area contributed by atoms with Gasteiger partial charge in [-0.1, -0.05) is 0 Å². The maximum atomic E-state index is 12.2. The number of carbonyl (C=O) groups excluding carboxylic acids is 4. The minimum Gasteiger partial charge on any atom is -0.480 e. The molecule has 0 bridgehead atoms. The van der Waals surface area contributed by atoms with Gasteiger partial charge in [0, 0.05) is 7.05 Å². The number of carboxylic acid groups (broad SMARTS) is 1. The molecule has 0 aliphatic carbocycles. The second-order valence-corrected chi connectivity index (χ2v) is 5.56. The Bertz CT molecular complexity index is 583. The van der Waals surface area contributed by atoms with E-state index in [1.807, 2.05) is 16.1 Å². The Balaban J connectivity index is 5.08. The highest BCUT2D eigenvalue weighted by atomic mass is 16.4. The van der Waals surface area contributed by atoms with Gasteiger partial charge < -0.3 is 37.4 Å². The van der Waals surface area contributed by atoms with Gasteiger partial charge in [0.1, 0.15) is 12.1 Å². The summed E-state index contributed by atoms with van der Waals surface area (Å²) in [6.07, 6.45) is -2.11. The first-order valence-corrected chi connectivity index (χ1v) is 7.61. The molecule has 0 aromatic heterocycles. The summed E-state index contributed by atoms with van der Waals surface area (Å²) < 4.78 is 0. The first-order valence-electron chi connectivity index (χ1n) is 7.61. The number of hydrogen-bond donors (Lipinski definition) is 8. The molecule has 4 unspecified atom stereocenters. The van der Waals surface area contributed by atoms with E-state index in [1.54, 1.807) is 0 Å². The average molecular weight is 392 g/mol. The largest absolute Gasteiger partial charge is 0.480 e.